The van der Waals surface area contributed by atoms with Gasteiger partial charge in [-0.3, -0.25) is 4.79 Å². The molecule has 0 atom stereocenters. The van der Waals surface area contributed by atoms with Gasteiger partial charge in [-0.05, 0) is 74.6 Å². The Bertz CT molecular complexity index is 1140. The number of benzene rings is 2. The van der Waals surface area contributed by atoms with Gasteiger partial charge in [0.2, 0.25) is 5.91 Å². The summed E-state index contributed by atoms with van der Waals surface area (Å²) in [6.07, 6.45) is 6.55. The van der Waals surface area contributed by atoms with Crippen molar-refractivity contribution in [3.63, 3.8) is 0 Å². The number of thioether (sulfide) groups is 3. The molecule has 0 fully saturated rings. The van der Waals surface area contributed by atoms with Gasteiger partial charge in [0.25, 0.3) is 0 Å². The van der Waals surface area contributed by atoms with E-state index in [1.54, 1.807) is 23.5 Å². The van der Waals surface area contributed by atoms with Crippen LogP contribution in [0.3, 0.4) is 0 Å². The van der Waals surface area contributed by atoms with Gasteiger partial charge >= 0.3 is 0 Å². The fourth-order valence-electron chi connectivity index (χ4n) is 3.80. The van der Waals surface area contributed by atoms with Gasteiger partial charge in [-0.1, -0.05) is 49.7 Å². The van der Waals surface area contributed by atoms with E-state index in [4.69, 9.17) is 4.74 Å². The fourth-order valence-corrected chi connectivity index (χ4v) is 6.12. The number of ether oxygens (including phenoxy) is 1. The number of hydrogen-bond acceptors (Lipinski definition) is 6. The Balaban J connectivity index is 1.57. The molecule has 0 saturated heterocycles. The van der Waals surface area contributed by atoms with Gasteiger partial charge in [-0.2, -0.15) is 0 Å². The van der Waals surface area contributed by atoms with Crippen molar-refractivity contribution >= 4 is 46.9 Å². The first kappa shape index (κ1) is 29.5. The van der Waals surface area contributed by atoms with E-state index in [9.17, 15) is 4.79 Å². The average molecular weight is 555 g/mol. The Morgan fingerprint density at radius 1 is 1.00 bits per heavy atom. The number of carbonyl (C=O) groups is 1. The molecule has 0 radical (unpaired) electrons. The van der Waals surface area contributed by atoms with E-state index in [2.05, 4.69) is 79.6 Å². The average Bonchev–Trinajstić information content (AvgIpc) is 2.89. The number of hydrogen-bond donors (Lipinski definition) is 1. The van der Waals surface area contributed by atoms with Crippen LogP contribution in [0, 0.1) is 6.92 Å². The monoisotopic (exact) mass is 554 g/mol. The van der Waals surface area contributed by atoms with Gasteiger partial charge in [0.05, 0.1) is 18.7 Å². The van der Waals surface area contributed by atoms with Crippen molar-refractivity contribution in [2.75, 3.05) is 24.4 Å². The molecular formula is C30H38N2O2S3. The van der Waals surface area contributed by atoms with Gasteiger partial charge in [0.1, 0.15) is 10.8 Å². The van der Waals surface area contributed by atoms with Crippen LogP contribution in [0.25, 0.3) is 0 Å². The topological polar surface area (TPSA) is 51.2 Å². The molecular weight excluding hydrogens is 517 g/mol. The number of aryl methyl sites for hydroxylation is 1. The lowest BCUT2D eigenvalue weighted by Gasteiger charge is -2.25. The number of amides is 1. The predicted molar refractivity (Wildman–Crippen MR) is 162 cm³/mol. The molecule has 0 aliphatic heterocycles. The maximum Gasteiger partial charge on any atom is 0.228 e. The summed E-state index contributed by atoms with van der Waals surface area (Å²) < 4.78 is 5.72. The number of unbranched alkanes of at least 4 members (excludes halogenated alkanes) is 1. The quantitative estimate of drug-likeness (QED) is 0.169. The number of carbonyl (C=O) groups excluding carboxylic acids is 1. The largest absolute Gasteiger partial charge is 0.494 e. The molecule has 7 heteroatoms. The molecule has 4 nitrogen and oxygen atoms in total. The van der Waals surface area contributed by atoms with Crippen LogP contribution >= 0.6 is 35.3 Å². The lowest BCUT2D eigenvalue weighted by atomic mass is 10.00. The molecule has 1 amide bonds. The summed E-state index contributed by atoms with van der Waals surface area (Å²) in [6.45, 7) is 9.42. The number of pyridine rings is 1. The zero-order chi connectivity index (χ0) is 26.8. The zero-order valence-electron chi connectivity index (χ0n) is 22.7. The summed E-state index contributed by atoms with van der Waals surface area (Å²) in [6, 6.07) is 18.9. The van der Waals surface area contributed by atoms with Crippen molar-refractivity contribution in [2.24, 2.45) is 0 Å². The van der Waals surface area contributed by atoms with Crippen molar-refractivity contribution in [1.82, 2.24) is 4.98 Å². The second-order valence-electron chi connectivity index (χ2n) is 9.42. The highest BCUT2D eigenvalue weighted by Crippen LogP contribution is 2.38. The molecule has 198 valence electrons. The zero-order valence-corrected chi connectivity index (χ0v) is 25.2. The van der Waals surface area contributed by atoms with E-state index in [0.717, 1.165) is 57.8 Å². The molecule has 0 saturated carbocycles. The number of nitrogens with zero attached hydrogens (tertiary/aromatic N) is 1. The Morgan fingerprint density at radius 3 is 2.30 bits per heavy atom. The van der Waals surface area contributed by atoms with Crippen LogP contribution in [0.15, 0.2) is 64.5 Å². The normalized spacial score (nSPS) is 11.4. The Hall–Kier alpha value is -2.09. The van der Waals surface area contributed by atoms with Crippen molar-refractivity contribution < 1.29 is 9.53 Å². The standard InChI is InChI=1S/C30H38N2O2S3/c1-7-8-17-34-25-15-11-23(12-16-25)20-37-30(3,4)24-13-9-22(10-14-24)19-27(33)32-28-26(35-5)18-21(2)31-29(28)36-6/h9-16,18H,7-8,17,19-20H2,1-6H3,(H,32,33). The van der Waals surface area contributed by atoms with Crippen LogP contribution in [-0.2, 0) is 21.7 Å². The van der Waals surface area contributed by atoms with E-state index < -0.39 is 0 Å². The highest BCUT2D eigenvalue weighted by Gasteiger charge is 2.21. The minimum absolute atomic E-state index is 0.0280. The van der Waals surface area contributed by atoms with Gasteiger partial charge < -0.3 is 10.1 Å². The first-order valence-electron chi connectivity index (χ1n) is 12.6. The summed E-state index contributed by atoms with van der Waals surface area (Å²) in [5.74, 6) is 1.83. The fraction of sp³-hybridized carbons (Fsp3) is 0.400. The SMILES string of the molecule is CCCCOc1ccc(CSC(C)(C)c2ccc(CC(=O)Nc3c(SC)cc(C)nc3SC)cc2)cc1. The van der Waals surface area contributed by atoms with Crippen LogP contribution in [-0.4, -0.2) is 30.0 Å². The Morgan fingerprint density at radius 2 is 1.68 bits per heavy atom. The molecule has 1 heterocycles. The van der Waals surface area contributed by atoms with Crippen molar-refractivity contribution in [3.8, 4) is 5.75 Å². The van der Waals surface area contributed by atoms with E-state index in [1.807, 2.05) is 37.3 Å². The molecule has 0 spiro atoms. The van der Waals surface area contributed by atoms with Crippen LogP contribution < -0.4 is 10.1 Å². The van der Waals surface area contributed by atoms with Gasteiger partial charge in [-0.25, -0.2) is 4.98 Å². The number of rotatable bonds is 13. The predicted octanol–water partition coefficient (Wildman–Crippen LogP) is 8.36. The number of anilines is 1. The Labute approximate surface area is 235 Å². The molecule has 0 bridgehead atoms. The summed E-state index contributed by atoms with van der Waals surface area (Å²) in [5, 5.41) is 3.95. The smallest absolute Gasteiger partial charge is 0.228 e. The summed E-state index contributed by atoms with van der Waals surface area (Å²) in [7, 11) is 0. The highest BCUT2D eigenvalue weighted by molar-refractivity contribution is 7.99. The molecule has 1 aromatic heterocycles. The minimum atomic E-state index is -0.0504. The molecule has 0 aliphatic rings. The van der Waals surface area contributed by atoms with E-state index in [-0.39, 0.29) is 10.7 Å². The molecule has 37 heavy (non-hydrogen) atoms. The van der Waals surface area contributed by atoms with Crippen molar-refractivity contribution in [2.45, 2.75) is 67.4 Å². The number of nitrogens with one attached hydrogen (secondary N) is 1. The summed E-state index contributed by atoms with van der Waals surface area (Å²) >= 11 is 5.09. The van der Waals surface area contributed by atoms with Crippen molar-refractivity contribution in [1.29, 1.82) is 0 Å². The second kappa shape index (κ2) is 14.2. The molecule has 3 aromatic rings. The summed E-state index contributed by atoms with van der Waals surface area (Å²) in [4.78, 5) is 18.5. The van der Waals surface area contributed by atoms with Crippen LogP contribution in [0.5, 0.6) is 5.75 Å². The van der Waals surface area contributed by atoms with E-state index in [0.29, 0.717) is 6.42 Å². The molecule has 0 aliphatic carbocycles. The first-order valence-corrected chi connectivity index (χ1v) is 16.0. The van der Waals surface area contributed by atoms with Crippen LogP contribution in [0.2, 0.25) is 0 Å². The minimum Gasteiger partial charge on any atom is -0.494 e. The third kappa shape index (κ3) is 8.72. The van der Waals surface area contributed by atoms with E-state index >= 15 is 0 Å². The first-order chi connectivity index (χ1) is 17.7. The molecule has 2 aromatic carbocycles. The maximum absolute atomic E-state index is 12.9. The van der Waals surface area contributed by atoms with Crippen LogP contribution in [0.4, 0.5) is 5.69 Å². The lowest BCUT2D eigenvalue weighted by Crippen LogP contribution is -2.17. The highest BCUT2D eigenvalue weighted by atomic mass is 32.2. The molecule has 0 unspecified atom stereocenters. The van der Waals surface area contributed by atoms with Crippen LogP contribution in [0.1, 0.15) is 56.0 Å². The van der Waals surface area contributed by atoms with Gasteiger partial charge in [0.15, 0.2) is 0 Å². The van der Waals surface area contributed by atoms with Gasteiger partial charge in [-0.15, -0.1) is 35.3 Å². The molecule has 1 N–H and O–H groups in total. The Kier molecular flexibility index (Phi) is 11.3. The number of aromatic nitrogens is 1. The molecule has 3 rings (SSSR count). The van der Waals surface area contributed by atoms with E-state index in [1.165, 1.54) is 11.1 Å². The third-order valence-electron chi connectivity index (χ3n) is 6.06. The third-order valence-corrected chi connectivity index (χ3v) is 8.94. The maximum atomic E-state index is 12.9. The lowest BCUT2D eigenvalue weighted by molar-refractivity contribution is -0.115. The van der Waals surface area contributed by atoms with Crippen molar-refractivity contribution in [3.05, 3.63) is 77.0 Å². The summed E-state index contributed by atoms with van der Waals surface area (Å²) in [5.41, 5.74) is 5.30. The second-order valence-corrected chi connectivity index (χ2v) is 12.7. The van der Waals surface area contributed by atoms with Gasteiger partial charge in [0, 0.05) is 21.1 Å².